The Balaban J connectivity index is 1.17. The van der Waals surface area contributed by atoms with Crippen molar-refractivity contribution in [3.8, 4) is 17.4 Å². The lowest BCUT2D eigenvalue weighted by atomic mass is 10.1. The number of halogens is 1. The fourth-order valence-electron chi connectivity index (χ4n) is 4.15. The van der Waals surface area contributed by atoms with Crippen molar-refractivity contribution in [1.29, 1.82) is 0 Å². The zero-order valence-electron chi connectivity index (χ0n) is 19.2. The maximum atomic E-state index is 14.5. The summed E-state index contributed by atoms with van der Waals surface area (Å²) in [5.41, 5.74) is 8.42. The molecule has 2 atom stereocenters. The van der Waals surface area contributed by atoms with Gasteiger partial charge in [-0.2, -0.15) is 0 Å². The van der Waals surface area contributed by atoms with Crippen LogP contribution in [-0.4, -0.2) is 61.6 Å². The van der Waals surface area contributed by atoms with Gasteiger partial charge in [0.25, 0.3) is 0 Å². The van der Waals surface area contributed by atoms with Gasteiger partial charge in [-0.3, -0.25) is 9.88 Å². The van der Waals surface area contributed by atoms with E-state index in [1.165, 1.54) is 18.2 Å². The second kappa shape index (κ2) is 9.88. The van der Waals surface area contributed by atoms with E-state index < -0.39 is 24.1 Å². The Morgan fingerprint density at radius 1 is 1.26 bits per heavy atom. The van der Waals surface area contributed by atoms with Crippen molar-refractivity contribution >= 4 is 22.8 Å². The average Bonchev–Trinajstić information content (AvgIpc) is 3.28. The van der Waals surface area contributed by atoms with E-state index in [-0.39, 0.29) is 6.54 Å². The fraction of sp³-hybridized carbons (Fsp3) is 0.375. The summed E-state index contributed by atoms with van der Waals surface area (Å²) < 4.78 is 36.3. The Morgan fingerprint density at radius 3 is 2.91 bits per heavy atom. The van der Waals surface area contributed by atoms with E-state index in [9.17, 15) is 9.18 Å². The standard InChI is InChI=1S/C24H26FN5O5/c1-32-22-5-3-18-23(29-22)15(16(25)12-28-18)11-27-7-6-17(26)21-13-30(24(31)35-21)14-2-4-19-20(10-14)34-9-8-33-19/h2-5,10,12,17,21,27H,6-9,11,13,26H2,1H3. The summed E-state index contributed by atoms with van der Waals surface area (Å²) >= 11 is 0. The van der Waals surface area contributed by atoms with Crippen LogP contribution in [0, 0.1) is 5.82 Å². The predicted octanol–water partition coefficient (Wildman–Crippen LogP) is 2.38. The Kier molecular flexibility index (Phi) is 6.51. The predicted molar refractivity (Wildman–Crippen MR) is 125 cm³/mol. The van der Waals surface area contributed by atoms with E-state index >= 15 is 0 Å². The number of nitrogens with two attached hydrogens (primary N) is 1. The van der Waals surface area contributed by atoms with Crippen LogP contribution in [0.2, 0.25) is 0 Å². The third kappa shape index (κ3) is 4.77. The van der Waals surface area contributed by atoms with Gasteiger partial charge in [0, 0.05) is 30.3 Å². The average molecular weight is 484 g/mol. The minimum Gasteiger partial charge on any atom is -0.486 e. The molecule has 35 heavy (non-hydrogen) atoms. The lowest BCUT2D eigenvalue weighted by Gasteiger charge is -2.21. The van der Waals surface area contributed by atoms with Gasteiger partial charge in [-0.25, -0.2) is 14.2 Å². The van der Waals surface area contributed by atoms with Crippen LogP contribution < -0.4 is 30.2 Å². The van der Waals surface area contributed by atoms with Crippen molar-refractivity contribution in [3.63, 3.8) is 0 Å². The van der Waals surface area contributed by atoms with E-state index in [0.717, 1.165) is 0 Å². The lowest BCUT2D eigenvalue weighted by molar-refractivity contribution is 0.124. The number of carbonyl (C=O) groups is 1. The monoisotopic (exact) mass is 483 g/mol. The zero-order chi connectivity index (χ0) is 24.4. The van der Waals surface area contributed by atoms with E-state index in [0.29, 0.717) is 72.4 Å². The Hall–Kier alpha value is -3.70. The number of hydrogen-bond acceptors (Lipinski definition) is 9. The smallest absolute Gasteiger partial charge is 0.414 e. The number of pyridine rings is 2. The number of hydrogen-bond donors (Lipinski definition) is 2. The molecule has 0 aliphatic carbocycles. The van der Waals surface area contributed by atoms with Crippen LogP contribution in [0.5, 0.6) is 17.4 Å². The van der Waals surface area contributed by atoms with Gasteiger partial charge >= 0.3 is 6.09 Å². The van der Waals surface area contributed by atoms with Crippen LogP contribution in [0.25, 0.3) is 11.0 Å². The first-order chi connectivity index (χ1) is 17.0. The molecule has 4 heterocycles. The molecule has 0 spiro atoms. The number of aromatic nitrogens is 2. The quantitative estimate of drug-likeness (QED) is 0.465. The first kappa shape index (κ1) is 23.1. The first-order valence-corrected chi connectivity index (χ1v) is 11.4. The Labute approximate surface area is 201 Å². The van der Waals surface area contributed by atoms with E-state index in [1.54, 1.807) is 30.3 Å². The molecule has 0 saturated carbocycles. The highest BCUT2D eigenvalue weighted by Gasteiger charge is 2.36. The molecule has 1 fully saturated rings. The SMILES string of the molecule is COc1ccc2ncc(F)c(CNCCC(N)C3CN(c4ccc5c(c4)OCCO5)C(=O)O3)c2n1. The third-order valence-electron chi connectivity index (χ3n) is 6.05. The summed E-state index contributed by atoms with van der Waals surface area (Å²) in [6.45, 7) is 2.02. The van der Waals surface area contributed by atoms with Crippen LogP contribution in [-0.2, 0) is 11.3 Å². The highest BCUT2D eigenvalue weighted by Crippen LogP contribution is 2.35. The molecular formula is C24H26FN5O5. The van der Waals surface area contributed by atoms with Crippen molar-refractivity contribution in [2.45, 2.75) is 25.1 Å². The molecule has 2 aliphatic heterocycles. The van der Waals surface area contributed by atoms with Crippen LogP contribution in [0.15, 0.2) is 36.5 Å². The van der Waals surface area contributed by atoms with Gasteiger partial charge < -0.3 is 30.0 Å². The van der Waals surface area contributed by atoms with E-state index in [4.69, 9.17) is 24.7 Å². The molecule has 1 amide bonds. The summed E-state index contributed by atoms with van der Waals surface area (Å²) in [5, 5.41) is 3.20. The van der Waals surface area contributed by atoms with Gasteiger partial charge in [0.15, 0.2) is 11.5 Å². The lowest BCUT2D eigenvalue weighted by Crippen LogP contribution is -2.40. The van der Waals surface area contributed by atoms with Gasteiger partial charge in [0.05, 0.1) is 31.1 Å². The van der Waals surface area contributed by atoms with Crippen molar-refractivity contribution < 1.29 is 28.1 Å². The maximum Gasteiger partial charge on any atom is 0.414 e. The number of nitrogens with zero attached hydrogens (tertiary/aromatic N) is 3. The number of methoxy groups -OCH3 is 1. The summed E-state index contributed by atoms with van der Waals surface area (Å²) in [6.07, 6.45) is 0.778. The topological polar surface area (TPSA) is 121 Å². The number of anilines is 1. The largest absolute Gasteiger partial charge is 0.486 e. The minimum absolute atomic E-state index is 0.242. The summed E-state index contributed by atoms with van der Waals surface area (Å²) in [6, 6.07) is 8.36. The third-order valence-corrected chi connectivity index (χ3v) is 6.05. The van der Waals surface area contributed by atoms with Gasteiger partial charge in [-0.1, -0.05) is 0 Å². The molecule has 2 aromatic heterocycles. The molecule has 0 radical (unpaired) electrons. The fourth-order valence-corrected chi connectivity index (χ4v) is 4.15. The van der Waals surface area contributed by atoms with Gasteiger partial charge in [-0.15, -0.1) is 0 Å². The Morgan fingerprint density at radius 2 is 2.09 bits per heavy atom. The zero-order valence-corrected chi connectivity index (χ0v) is 19.2. The number of amides is 1. The highest BCUT2D eigenvalue weighted by atomic mass is 19.1. The maximum absolute atomic E-state index is 14.5. The highest BCUT2D eigenvalue weighted by molar-refractivity contribution is 5.90. The second-order valence-electron chi connectivity index (χ2n) is 8.30. The molecule has 2 unspecified atom stereocenters. The van der Waals surface area contributed by atoms with Crippen LogP contribution in [0.4, 0.5) is 14.9 Å². The number of carbonyl (C=O) groups excluding carboxylic acids is 1. The van der Waals surface area contributed by atoms with Gasteiger partial charge in [-0.05, 0) is 31.2 Å². The first-order valence-electron chi connectivity index (χ1n) is 11.4. The van der Waals surface area contributed by atoms with Gasteiger partial charge in [0.2, 0.25) is 5.88 Å². The van der Waals surface area contributed by atoms with Crippen LogP contribution >= 0.6 is 0 Å². The molecule has 1 aromatic carbocycles. The molecule has 0 bridgehead atoms. The Bertz CT molecular complexity index is 1240. The second-order valence-corrected chi connectivity index (χ2v) is 8.30. The number of fused-ring (bicyclic) bond motifs is 2. The molecule has 1 saturated heterocycles. The molecule has 2 aliphatic rings. The number of nitrogens with one attached hydrogen (secondary N) is 1. The molecule has 3 N–H and O–H groups in total. The number of ether oxygens (including phenoxy) is 4. The minimum atomic E-state index is -0.470. The van der Waals surface area contributed by atoms with Crippen molar-refractivity contribution in [3.05, 3.63) is 47.9 Å². The van der Waals surface area contributed by atoms with Crippen molar-refractivity contribution in [1.82, 2.24) is 15.3 Å². The molecule has 184 valence electrons. The normalized spacial score (nSPS) is 18.0. The van der Waals surface area contributed by atoms with E-state index in [1.807, 2.05) is 0 Å². The summed E-state index contributed by atoms with van der Waals surface area (Å²) in [4.78, 5) is 22.4. The molecule has 10 nitrogen and oxygen atoms in total. The van der Waals surface area contributed by atoms with Crippen molar-refractivity contribution in [2.24, 2.45) is 5.73 Å². The van der Waals surface area contributed by atoms with Gasteiger partial charge in [0.1, 0.15) is 30.7 Å². The van der Waals surface area contributed by atoms with E-state index in [2.05, 4.69) is 15.3 Å². The molecule has 11 heteroatoms. The number of cyclic esters (lactones) is 1. The van der Waals surface area contributed by atoms with Crippen LogP contribution in [0.1, 0.15) is 12.0 Å². The van der Waals surface area contributed by atoms with Crippen molar-refractivity contribution in [2.75, 3.05) is 38.3 Å². The molecular weight excluding hydrogens is 457 g/mol. The summed E-state index contributed by atoms with van der Waals surface area (Å²) in [5.74, 6) is 1.19. The van der Waals surface area contributed by atoms with Crippen LogP contribution in [0.3, 0.4) is 0 Å². The number of benzene rings is 1. The molecule has 3 aromatic rings. The molecule has 5 rings (SSSR count). The summed E-state index contributed by atoms with van der Waals surface area (Å²) in [7, 11) is 1.50. The number of rotatable bonds is 8.